The van der Waals surface area contributed by atoms with E-state index in [0.29, 0.717) is 24.6 Å². The summed E-state index contributed by atoms with van der Waals surface area (Å²) in [7, 11) is 0. The number of carbonyl (C=O) groups is 2. The van der Waals surface area contributed by atoms with E-state index in [4.69, 9.17) is 16.3 Å². The molecule has 1 unspecified atom stereocenters. The van der Waals surface area contributed by atoms with E-state index in [9.17, 15) is 9.59 Å². The molecular weight excluding hydrogens is 310 g/mol. The third-order valence-corrected chi connectivity index (χ3v) is 4.82. The monoisotopic (exact) mass is 327 g/mol. The molecule has 0 spiro atoms. The van der Waals surface area contributed by atoms with Crippen molar-refractivity contribution in [2.24, 2.45) is 0 Å². The van der Waals surface area contributed by atoms with Crippen molar-refractivity contribution < 1.29 is 14.3 Å². The van der Waals surface area contributed by atoms with Crippen LogP contribution >= 0.6 is 23.4 Å². The molecule has 1 saturated heterocycles. The minimum absolute atomic E-state index is 0.0459. The normalized spacial score (nSPS) is 17.8. The maximum atomic E-state index is 12.3. The van der Waals surface area contributed by atoms with Crippen LogP contribution in [-0.2, 0) is 14.3 Å². The summed E-state index contributed by atoms with van der Waals surface area (Å²) >= 11 is 7.46. The topological polar surface area (TPSA) is 46.6 Å². The van der Waals surface area contributed by atoms with E-state index in [1.54, 1.807) is 17.9 Å². The first-order valence-electron chi connectivity index (χ1n) is 6.97. The summed E-state index contributed by atoms with van der Waals surface area (Å²) in [5.74, 6) is -0.0684. The number of halogens is 1. The van der Waals surface area contributed by atoms with Crippen LogP contribution in [0.5, 0.6) is 0 Å². The summed E-state index contributed by atoms with van der Waals surface area (Å²) in [6.07, 6.45) is 1.52. The molecule has 0 radical (unpaired) electrons. The van der Waals surface area contributed by atoms with Gasteiger partial charge in [-0.15, -0.1) is 11.8 Å². The lowest BCUT2D eigenvalue weighted by Crippen LogP contribution is -2.42. The molecular formula is C15H18ClNO3S. The molecule has 6 heteroatoms. The summed E-state index contributed by atoms with van der Waals surface area (Å²) in [6, 6.07) is 6.99. The third-order valence-electron chi connectivity index (χ3n) is 3.32. The molecule has 21 heavy (non-hydrogen) atoms. The van der Waals surface area contributed by atoms with E-state index in [2.05, 4.69) is 0 Å². The lowest BCUT2D eigenvalue weighted by Gasteiger charge is -2.23. The molecule has 1 atom stereocenters. The van der Waals surface area contributed by atoms with E-state index in [1.807, 2.05) is 18.2 Å². The highest BCUT2D eigenvalue weighted by atomic mass is 35.5. The van der Waals surface area contributed by atoms with Gasteiger partial charge in [0.25, 0.3) is 0 Å². The Morgan fingerprint density at radius 2 is 2.19 bits per heavy atom. The van der Waals surface area contributed by atoms with Gasteiger partial charge in [-0.25, -0.2) is 4.79 Å². The van der Waals surface area contributed by atoms with Gasteiger partial charge in [0.15, 0.2) is 0 Å². The first-order chi connectivity index (χ1) is 10.1. The fourth-order valence-electron chi connectivity index (χ4n) is 2.33. The molecule has 114 valence electrons. The Kier molecular flexibility index (Phi) is 5.94. The van der Waals surface area contributed by atoms with Gasteiger partial charge in [-0.05, 0) is 31.9 Å². The van der Waals surface area contributed by atoms with Crippen molar-refractivity contribution in [3.05, 3.63) is 29.3 Å². The van der Waals surface area contributed by atoms with Crippen LogP contribution in [0.25, 0.3) is 0 Å². The molecule has 0 bridgehead atoms. The molecule has 1 aromatic rings. The zero-order chi connectivity index (χ0) is 15.2. The van der Waals surface area contributed by atoms with Crippen molar-refractivity contribution in [1.82, 2.24) is 4.90 Å². The Balaban J connectivity index is 1.93. The molecule has 1 amide bonds. The number of amides is 1. The fraction of sp³-hybridized carbons (Fsp3) is 0.467. The number of rotatable bonds is 5. The third kappa shape index (κ3) is 4.14. The largest absolute Gasteiger partial charge is 0.464 e. The van der Waals surface area contributed by atoms with Gasteiger partial charge in [0.1, 0.15) is 6.04 Å². The van der Waals surface area contributed by atoms with Crippen molar-refractivity contribution in [2.75, 3.05) is 18.9 Å². The number of nitrogens with zero attached hydrogens (tertiary/aromatic N) is 1. The minimum Gasteiger partial charge on any atom is -0.464 e. The molecule has 1 aliphatic rings. The number of ether oxygens (including phenoxy) is 1. The standard InChI is InChI=1S/C15H18ClNO3S/c1-2-20-15(19)12-7-5-9-17(12)14(18)10-21-13-8-4-3-6-11(13)16/h3-4,6,8,12H,2,5,7,9-10H2,1H3. The lowest BCUT2D eigenvalue weighted by molar-refractivity contribution is -0.152. The number of hydrogen-bond donors (Lipinski definition) is 0. The number of carbonyl (C=O) groups excluding carboxylic acids is 2. The predicted molar refractivity (Wildman–Crippen MR) is 83.5 cm³/mol. The van der Waals surface area contributed by atoms with Crippen LogP contribution in [0.15, 0.2) is 29.2 Å². The van der Waals surface area contributed by atoms with E-state index in [1.165, 1.54) is 11.8 Å². The molecule has 0 aliphatic carbocycles. The van der Waals surface area contributed by atoms with Gasteiger partial charge >= 0.3 is 5.97 Å². The van der Waals surface area contributed by atoms with Gasteiger partial charge in [0.2, 0.25) is 5.91 Å². The molecule has 1 aromatic carbocycles. The Morgan fingerprint density at radius 1 is 1.43 bits per heavy atom. The maximum Gasteiger partial charge on any atom is 0.328 e. The first kappa shape index (κ1) is 16.2. The van der Waals surface area contributed by atoms with E-state index in [0.717, 1.165) is 11.3 Å². The van der Waals surface area contributed by atoms with E-state index >= 15 is 0 Å². The summed E-state index contributed by atoms with van der Waals surface area (Å²) in [5.41, 5.74) is 0. The van der Waals surface area contributed by atoms with Gasteiger partial charge in [0.05, 0.1) is 17.4 Å². The van der Waals surface area contributed by atoms with Crippen LogP contribution < -0.4 is 0 Å². The zero-order valence-corrected chi connectivity index (χ0v) is 13.5. The second kappa shape index (κ2) is 7.71. The van der Waals surface area contributed by atoms with E-state index in [-0.39, 0.29) is 17.6 Å². The highest BCUT2D eigenvalue weighted by Crippen LogP contribution is 2.28. The number of thioether (sulfide) groups is 1. The van der Waals surface area contributed by atoms with Crippen molar-refractivity contribution >= 4 is 35.2 Å². The molecule has 0 aromatic heterocycles. The fourth-order valence-corrected chi connectivity index (χ4v) is 3.46. The van der Waals surface area contributed by atoms with Crippen LogP contribution in [0, 0.1) is 0 Å². The van der Waals surface area contributed by atoms with Crippen LogP contribution in [0.1, 0.15) is 19.8 Å². The predicted octanol–water partition coefficient (Wildman–Crippen LogP) is 2.99. The Hall–Kier alpha value is -1.20. The second-order valence-electron chi connectivity index (χ2n) is 4.72. The Morgan fingerprint density at radius 3 is 2.90 bits per heavy atom. The van der Waals surface area contributed by atoms with E-state index < -0.39 is 6.04 Å². The molecule has 4 nitrogen and oxygen atoms in total. The van der Waals surface area contributed by atoms with Gasteiger partial charge in [-0.2, -0.15) is 0 Å². The van der Waals surface area contributed by atoms with Gasteiger partial charge in [-0.1, -0.05) is 23.7 Å². The molecule has 1 fully saturated rings. The SMILES string of the molecule is CCOC(=O)C1CCCN1C(=O)CSc1ccccc1Cl. The molecule has 0 N–H and O–H groups in total. The summed E-state index contributed by atoms with van der Waals surface area (Å²) in [5, 5.41) is 0.638. The summed E-state index contributed by atoms with van der Waals surface area (Å²) in [6.45, 7) is 2.73. The van der Waals surface area contributed by atoms with Crippen molar-refractivity contribution in [2.45, 2.75) is 30.7 Å². The average molecular weight is 328 g/mol. The van der Waals surface area contributed by atoms with Crippen molar-refractivity contribution in [1.29, 1.82) is 0 Å². The number of benzene rings is 1. The van der Waals surface area contributed by atoms with Crippen LogP contribution in [0.4, 0.5) is 0 Å². The smallest absolute Gasteiger partial charge is 0.328 e. The summed E-state index contributed by atoms with van der Waals surface area (Å²) < 4.78 is 5.03. The first-order valence-corrected chi connectivity index (χ1v) is 8.33. The van der Waals surface area contributed by atoms with Crippen LogP contribution in [-0.4, -0.2) is 41.7 Å². The average Bonchev–Trinajstić information content (AvgIpc) is 2.96. The van der Waals surface area contributed by atoms with Gasteiger partial charge in [-0.3, -0.25) is 4.79 Å². The van der Waals surface area contributed by atoms with Crippen LogP contribution in [0.2, 0.25) is 5.02 Å². The Bertz CT molecular complexity index is 523. The van der Waals surface area contributed by atoms with Crippen molar-refractivity contribution in [3.8, 4) is 0 Å². The quantitative estimate of drug-likeness (QED) is 0.616. The Labute approximate surface area is 133 Å². The van der Waals surface area contributed by atoms with Gasteiger partial charge in [0, 0.05) is 11.4 Å². The number of likely N-dealkylation sites (tertiary alicyclic amines) is 1. The van der Waals surface area contributed by atoms with Gasteiger partial charge < -0.3 is 9.64 Å². The molecule has 1 aliphatic heterocycles. The molecule has 1 heterocycles. The molecule has 0 saturated carbocycles. The maximum absolute atomic E-state index is 12.3. The molecule has 2 rings (SSSR count). The minimum atomic E-state index is -0.427. The van der Waals surface area contributed by atoms with Crippen LogP contribution in [0.3, 0.4) is 0 Å². The lowest BCUT2D eigenvalue weighted by atomic mass is 10.2. The number of hydrogen-bond acceptors (Lipinski definition) is 4. The second-order valence-corrected chi connectivity index (χ2v) is 6.14. The zero-order valence-electron chi connectivity index (χ0n) is 11.9. The summed E-state index contributed by atoms with van der Waals surface area (Å²) in [4.78, 5) is 26.6. The number of esters is 1. The highest BCUT2D eigenvalue weighted by molar-refractivity contribution is 8.00. The van der Waals surface area contributed by atoms with Crippen molar-refractivity contribution in [3.63, 3.8) is 0 Å². The highest BCUT2D eigenvalue weighted by Gasteiger charge is 2.34.